The standard InChI is InChI=1S/C22H32N6O2/c1-5-8-27-9-10-28(13-21(27)29)20-12-19(25-14-26-20)22(24-4)17-11-16(30-15(2)3)6-7-18(17)23/h6-7,11-12,14-15,19H,5,8-10,13,23H2,1-4H3,(H,25,26). The Labute approximate surface area is 178 Å². The molecule has 1 unspecified atom stereocenters. The predicted octanol–water partition coefficient (Wildman–Crippen LogP) is 1.87. The van der Waals surface area contributed by atoms with Crippen molar-refractivity contribution in [1.82, 2.24) is 15.1 Å². The van der Waals surface area contributed by atoms with Crippen LogP contribution in [-0.4, -0.2) is 73.1 Å². The second-order valence-corrected chi connectivity index (χ2v) is 7.75. The fourth-order valence-electron chi connectivity index (χ4n) is 3.71. The first-order valence-electron chi connectivity index (χ1n) is 10.5. The van der Waals surface area contributed by atoms with Crippen LogP contribution in [0.25, 0.3) is 0 Å². The van der Waals surface area contributed by atoms with E-state index in [0.717, 1.165) is 48.9 Å². The predicted molar refractivity (Wildman–Crippen MR) is 121 cm³/mol. The van der Waals surface area contributed by atoms with Crippen molar-refractivity contribution >= 4 is 23.6 Å². The lowest BCUT2D eigenvalue weighted by atomic mass is 10.00. The number of anilines is 1. The Balaban J connectivity index is 1.81. The summed E-state index contributed by atoms with van der Waals surface area (Å²) in [6, 6.07) is 5.31. The minimum Gasteiger partial charge on any atom is -0.491 e. The number of nitrogen functional groups attached to an aromatic ring is 1. The van der Waals surface area contributed by atoms with Gasteiger partial charge in [0.2, 0.25) is 5.91 Å². The molecule has 1 atom stereocenters. The summed E-state index contributed by atoms with van der Waals surface area (Å²) >= 11 is 0. The molecule has 30 heavy (non-hydrogen) atoms. The number of hydrogen-bond acceptors (Lipinski definition) is 7. The number of ether oxygens (including phenoxy) is 1. The minimum absolute atomic E-state index is 0.0656. The molecule has 1 aromatic carbocycles. The third-order valence-electron chi connectivity index (χ3n) is 5.11. The Kier molecular flexibility index (Phi) is 6.97. The van der Waals surface area contributed by atoms with Gasteiger partial charge in [-0.3, -0.25) is 14.8 Å². The second kappa shape index (κ2) is 9.65. The Morgan fingerprint density at radius 1 is 1.40 bits per heavy atom. The van der Waals surface area contributed by atoms with E-state index < -0.39 is 0 Å². The van der Waals surface area contributed by atoms with Gasteiger partial charge in [-0.1, -0.05) is 6.92 Å². The second-order valence-electron chi connectivity index (χ2n) is 7.75. The molecule has 0 radical (unpaired) electrons. The molecule has 0 bridgehead atoms. The number of carbonyl (C=O) groups excluding carboxylic acids is 1. The quantitative estimate of drug-likeness (QED) is 0.527. The molecular formula is C22H32N6O2. The van der Waals surface area contributed by atoms with E-state index in [1.807, 2.05) is 43.0 Å². The Hall–Kier alpha value is -3.03. The number of piperazine rings is 1. The van der Waals surface area contributed by atoms with Crippen LogP contribution in [0.15, 0.2) is 40.1 Å². The molecule has 3 N–H and O–H groups in total. The molecule has 0 aliphatic carbocycles. The zero-order chi connectivity index (χ0) is 21.7. The highest BCUT2D eigenvalue weighted by Crippen LogP contribution is 2.25. The number of aliphatic imine (C=N–C) groups is 2. The van der Waals surface area contributed by atoms with Crippen LogP contribution in [-0.2, 0) is 4.79 Å². The van der Waals surface area contributed by atoms with Crippen molar-refractivity contribution in [2.24, 2.45) is 9.98 Å². The van der Waals surface area contributed by atoms with Crippen LogP contribution in [0, 0.1) is 0 Å². The van der Waals surface area contributed by atoms with E-state index in [1.165, 1.54) is 0 Å². The van der Waals surface area contributed by atoms with Gasteiger partial charge in [0.1, 0.15) is 17.6 Å². The van der Waals surface area contributed by atoms with Crippen LogP contribution in [0.5, 0.6) is 5.75 Å². The fraction of sp³-hybridized carbons (Fsp3) is 0.500. The summed E-state index contributed by atoms with van der Waals surface area (Å²) in [4.78, 5) is 25.5. The van der Waals surface area contributed by atoms with Crippen molar-refractivity contribution in [2.75, 3.05) is 39.0 Å². The zero-order valence-corrected chi connectivity index (χ0v) is 18.3. The number of carbonyl (C=O) groups is 1. The summed E-state index contributed by atoms with van der Waals surface area (Å²) in [5.74, 6) is 1.76. The molecule has 1 saturated heterocycles. The molecule has 0 spiro atoms. The first kappa shape index (κ1) is 21.7. The number of nitrogens with two attached hydrogens (primary N) is 1. The van der Waals surface area contributed by atoms with E-state index in [1.54, 1.807) is 13.4 Å². The molecule has 8 nitrogen and oxygen atoms in total. The third-order valence-corrected chi connectivity index (χ3v) is 5.11. The maximum absolute atomic E-state index is 12.4. The number of benzene rings is 1. The van der Waals surface area contributed by atoms with Gasteiger partial charge in [0, 0.05) is 37.9 Å². The highest BCUT2D eigenvalue weighted by molar-refractivity contribution is 6.10. The van der Waals surface area contributed by atoms with E-state index in [2.05, 4.69) is 27.1 Å². The lowest BCUT2D eigenvalue weighted by Gasteiger charge is -2.37. The zero-order valence-electron chi connectivity index (χ0n) is 18.3. The van der Waals surface area contributed by atoms with Gasteiger partial charge in [-0.15, -0.1) is 0 Å². The molecule has 1 amide bonds. The number of hydrogen-bond donors (Lipinski definition) is 2. The number of rotatable bonds is 7. The van der Waals surface area contributed by atoms with E-state index in [-0.39, 0.29) is 18.1 Å². The van der Waals surface area contributed by atoms with Crippen molar-refractivity contribution in [1.29, 1.82) is 0 Å². The van der Waals surface area contributed by atoms with E-state index >= 15 is 0 Å². The van der Waals surface area contributed by atoms with Gasteiger partial charge >= 0.3 is 0 Å². The monoisotopic (exact) mass is 412 g/mol. The topological polar surface area (TPSA) is 95.6 Å². The van der Waals surface area contributed by atoms with Crippen LogP contribution in [0.2, 0.25) is 0 Å². The average molecular weight is 413 g/mol. The number of amides is 1. The van der Waals surface area contributed by atoms with Gasteiger partial charge in [-0.2, -0.15) is 0 Å². The summed E-state index contributed by atoms with van der Waals surface area (Å²) in [6.07, 6.45) is 4.70. The Morgan fingerprint density at radius 3 is 2.87 bits per heavy atom. The average Bonchev–Trinajstić information content (AvgIpc) is 2.72. The molecular weight excluding hydrogens is 380 g/mol. The van der Waals surface area contributed by atoms with Crippen molar-refractivity contribution < 1.29 is 9.53 Å². The molecule has 162 valence electrons. The van der Waals surface area contributed by atoms with Gasteiger partial charge in [0.05, 0.1) is 24.7 Å². The molecule has 2 heterocycles. The van der Waals surface area contributed by atoms with Crippen molar-refractivity contribution in [3.63, 3.8) is 0 Å². The van der Waals surface area contributed by atoms with Crippen LogP contribution < -0.4 is 15.8 Å². The summed E-state index contributed by atoms with van der Waals surface area (Å²) in [5.41, 5.74) is 8.44. The van der Waals surface area contributed by atoms with E-state index in [0.29, 0.717) is 12.2 Å². The Morgan fingerprint density at radius 2 is 2.20 bits per heavy atom. The highest BCUT2D eigenvalue weighted by Gasteiger charge is 2.27. The normalized spacial score (nSPS) is 19.8. The third kappa shape index (κ3) is 4.93. The number of nitrogens with zero attached hydrogens (tertiary/aromatic N) is 4. The fourth-order valence-corrected chi connectivity index (χ4v) is 3.71. The van der Waals surface area contributed by atoms with Crippen LogP contribution in [0.1, 0.15) is 32.8 Å². The Bertz CT molecular complexity index is 861. The van der Waals surface area contributed by atoms with Crippen molar-refractivity contribution in [3.05, 3.63) is 35.7 Å². The van der Waals surface area contributed by atoms with Gasteiger partial charge in [0.25, 0.3) is 0 Å². The molecule has 0 aromatic heterocycles. The van der Waals surface area contributed by atoms with Crippen molar-refractivity contribution in [3.8, 4) is 5.75 Å². The molecule has 1 fully saturated rings. The van der Waals surface area contributed by atoms with Crippen molar-refractivity contribution in [2.45, 2.75) is 39.3 Å². The molecule has 2 aliphatic rings. The highest BCUT2D eigenvalue weighted by atomic mass is 16.5. The maximum Gasteiger partial charge on any atom is 0.242 e. The van der Waals surface area contributed by atoms with E-state index in [4.69, 9.17) is 10.5 Å². The molecule has 8 heteroatoms. The lowest BCUT2D eigenvalue weighted by molar-refractivity contribution is -0.135. The van der Waals surface area contributed by atoms with Gasteiger partial charge in [-0.05, 0) is 44.5 Å². The SMILES string of the molecule is CCCN1CCN(C2=CC(C(=NC)c3cc(OC(C)C)ccc3N)N=CN2)CC1=O. The van der Waals surface area contributed by atoms with Gasteiger partial charge in [0.15, 0.2) is 0 Å². The molecule has 3 rings (SSSR count). The maximum atomic E-state index is 12.4. The van der Waals surface area contributed by atoms with Gasteiger partial charge in [-0.25, -0.2) is 0 Å². The molecule has 1 aromatic rings. The van der Waals surface area contributed by atoms with Gasteiger partial charge < -0.3 is 25.6 Å². The van der Waals surface area contributed by atoms with Crippen LogP contribution in [0.3, 0.4) is 0 Å². The summed E-state index contributed by atoms with van der Waals surface area (Å²) < 4.78 is 5.82. The number of nitrogens with one attached hydrogen (secondary N) is 1. The summed E-state index contributed by atoms with van der Waals surface area (Å²) in [6.45, 7) is 8.73. The van der Waals surface area contributed by atoms with Crippen LogP contribution in [0.4, 0.5) is 5.69 Å². The first-order chi connectivity index (χ1) is 14.4. The molecule has 0 saturated carbocycles. The summed E-state index contributed by atoms with van der Waals surface area (Å²) in [5, 5.41) is 3.18. The van der Waals surface area contributed by atoms with Crippen LogP contribution >= 0.6 is 0 Å². The lowest BCUT2D eigenvalue weighted by Crippen LogP contribution is -2.52. The first-order valence-corrected chi connectivity index (χ1v) is 10.5. The largest absolute Gasteiger partial charge is 0.491 e. The summed E-state index contributed by atoms with van der Waals surface area (Å²) in [7, 11) is 1.74. The smallest absolute Gasteiger partial charge is 0.242 e. The molecule has 2 aliphatic heterocycles. The minimum atomic E-state index is -0.299. The van der Waals surface area contributed by atoms with E-state index in [9.17, 15) is 4.79 Å².